The van der Waals surface area contributed by atoms with Gasteiger partial charge in [-0.05, 0) is 24.3 Å². The highest BCUT2D eigenvalue weighted by atomic mass is 35.5. The van der Waals surface area contributed by atoms with Crippen molar-refractivity contribution in [3.8, 4) is 39.8 Å². The molecule has 0 fully saturated rings. The molecule has 19 heteroatoms. The minimum atomic E-state index is -0.955. The van der Waals surface area contributed by atoms with E-state index in [0.29, 0.717) is 0 Å². The van der Waals surface area contributed by atoms with E-state index < -0.39 is 78.6 Å². The largest absolute Gasteiger partial charge is 0.423 e. The predicted octanol–water partition coefficient (Wildman–Crippen LogP) is 6.22. The molecule has 52 heavy (non-hydrogen) atoms. The molecule has 0 aliphatic rings. The zero-order valence-electron chi connectivity index (χ0n) is 27.0. The van der Waals surface area contributed by atoms with Crippen LogP contribution in [0.1, 0.15) is 20.8 Å². The van der Waals surface area contributed by atoms with Crippen molar-refractivity contribution in [2.24, 2.45) is 7.05 Å². The Morgan fingerprint density at radius 1 is 0.731 bits per heavy atom. The number of aryl methyl sites for hydroxylation is 1. The number of hydrogen-bond acceptors (Lipinski definition) is 11. The number of aromatic nitrogens is 6. The molecule has 4 heterocycles. The van der Waals surface area contributed by atoms with E-state index in [2.05, 4.69) is 24.9 Å². The van der Waals surface area contributed by atoms with Crippen molar-refractivity contribution in [3.63, 3.8) is 0 Å². The summed E-state index contributed by atoms with van der Waals surface area (Å²) in [5.41, 5.74) is -3.34. The van der Waals surface area contributed by atoms with Crippen molar-refractivity contribution < 1.29 is 36.6 Å². The van der Waals surface area contributed by atoms with Gasteiger partial charge in [0.15, 0.2) is 22.8 Å². The Morgan fingerprint density at radius 3 is 1.67 bits per heavy atom. The molecule has 1 N–H and O–H groups in total. The maximum absolute atomic E-state index is 14.4. The summed E-state index contributed by atoms with van der Waals surface area (Å²) in [6, 6.07) is 5.04. The average Bonchev–Trinajstić information content (AvgIpc) is 3.09. The highest BCUT2D eigenvalue weighted by Gasteiger charge is 2.27. The van der Waals surface area contributed by atoms with E-state index in [1.165, 1.54) is 38.8 Å². The minimum Gasteiger partial charge on any atom is -0.423 e. The first kappa shape index (κ1) is 38.6. The fourth-order valence-corrected chi connectivity index (χ4v) is 5.14. The number of carbonyl (C=O) groups excluding carboxylic acids is 2. The molecule has 4 aromatic heterocycles. The third-order valence-corrected chi connectivity index (χ3v) is 7.38. The van der Waals surface area contributed by atoms with E-state index in [1.807, 2.05) is 0 Å². The maximum Gasteiger partial charge on any atom is 0.308 e. The summed E-state index contributed by atoms with van der Waals surface area (Å²) in [5.74, 6) is -5.97. The predicted molar refractivity (Wildman–Crippen MR) is 180 cm³/mol. The number of rotatable bonds is 4. The second kappa shape index (κ2) is 16.2. The topological polar surface area (TPSA) is 183 Å². The van der Waals surface area contributed by atoms with Crippen LogP contribution in [-0.2, 0) is 16.6 Å². The molecule has 0 aliphatic carbocycles. The quantitative estimate of drug-likeness (QED) is 0.122. The van der Waals surface area contributed by atoms with Gasteiger partial charge in [-0.1, -0.05) is 23.2 Å². The highest BCUT2D eigenvalue weighted by molar-refractivity contribution is 6.34. The molecular weight excluding hydrogens is 737 g/mol. The van der Waals surface area contributed by atoms with Crippen LogP contribution in [0.3, 0.4) is 0 Å². The zero-order valence-corrected chi connectivity index (χ0v) is 28.5. The standard InChI is InChI=1S/C16H10ClF2N3O3.C15H8ClF2N3O3.C2H3N/c1-7(23)25-14-11(10-8(18)3-4-9(19)12(10)17)16(24)22(2)15-13(14)20-5-6-21-15;1-6(22)24-13-10(9-7(17)2-3-8(18)11(9)16)15(23)21-14-12(13)19-4-5-20-14;1-2-3/h3-6H,1-2H3;2-5H,1H3,(H,20,21,23);1H3. The second-order valence-electron chi connectivity index (χ2n) is 10.1. The monoisotopic (exact) mass is 757 g/mol. The molecule has 0 aliphatic heterocycles. The molecule has 0 spiro atoms. The Labute approximate surface area is 299 Å². The van der Waals surface area contributed by atoms with E-state index in [0.717, 1.165) is 42.7 Å². The fraction of sp³-hybridized carbons (Fsp3) is 0.121. The molecule has 13 nitrogen and oxygen atoms in total. The van der Waals surface area contributed by atoms with E-state index in [4.69, 9.17) is 37.9 Å². The van der Waals surface area contributed by atoms with Crippen molar-refractivity contribution in [2.45, 2.75) is 20.8 Å². The fourth-order valence-electron chi connectivity index (χ4n) is 4.65. The number of ether oxygens (including phenoxy) is 2. The average molecular weight is 758 g/mol. The number of H-pyrrole nitrogens is 1. The number of nitriles is 1. The first-order chi connectivity index (χ1) is 24.6. The molecule has 2 aromatic carbocycles. The Morgan fingerprint density at radius 2 is 1.15 bits per heavy atom. The number of benzene rings is 2. The lowest BCUT2D eigenvalue weighted by Gasteiger charge is -2.15. The van der Waals surface area contributed by atoms with E-state index >= 15 is 0 Å². The number of nitrogens with one attached hydrogen (secondary N) is 1. The Balaban J connectivity index is 0.000000217. The molecular formula is C33H21Cl2F4N7O6. The van der Waals surface area contributed by atoms with Crippen LogP contribution in [0.15, 0.2) is 58.6 Å². The van der Waals surface area contributed by atoms with Crippen LogP contribution in [0.2, 0.25) is 10.0 Å². The van der Waals surface area contributed by atoms with Crippen LogP contribution in [0.25, 0.3) is 44.6 Å². The Bertz CT molecular complexity index is 2560. The van der Waals surface area contributed by atoms with Gasteiger partial charge in [-0.3, -0.25) is 23.7 Å². The van der Waals surface area contributed by atoms with Gasteiger partial charge in [0.1, 0.15) is 34.3 Å². The lowest BCUT2D eigenvalue weighted by atomic mass is 10.0. The van der Waals surface area contributed by atoms with Gasteiger partial charge in [0.05, 0.1) is 27.2 Å². The Hall–Kier alpha value is -6.25. The van der Waals surface area contributed by atoms with Gasteiger partial charge in [0.25, 0.3) is 11.1 Å². The van der Waals surface area contributed by atoms with Gasteiger partial charge in [0, 0.05) is 63.7 Å². The van der Waals surface area contributed by atoms with Crippen LogP contribution >= 0.6 is 23.2 Å². The molecule has 0 atom stereocenters. The van der Waals surface area contributed by atoms with Crippen LogP contribution in [-0.4, -0.2) is 41.4 Å². The van der Waals surface area contributed by atoms with Crippen molar-refractivity contribution in [2.75, 3.05) is 0 Å². The summed E-state index contributed by atoms with van der Waals surface area (Å²) in [6.07, 6.45) is 5.26. The van der Waals surface area contributed by atoms with Crippen molar-refractivity contribution in [1.82, 2.24) is 29.5 Å². The number of nitrogens with zero attached hydrogens (tertiary/aromatic N) is 6. The third-order valence-electron chi connectivity index (χ3n) is 6.64. The lowest BCUT2D eigenvalue weighted by molar-refractivity contribution is -0.132. The van der Waals surface area contributed by atoms with Gasteiger partial charge >= 0.3 is 11.9 Å². The van der Waals surface area contributed by atoms with Gasteiger partial charge in [-0.25, -0.2) is 37.5 Å². The second-order valence-corrected chi connectivity index (χ2v) is 10.8. The first-order valence-electron chi connectivity index (χ1n) is 14.3. The van der Waals surface area contributed by atoms with Gasteiger partial charge < -0.3 is 14.5 Å². The van der Waals surface area contributed by atoms with Gasteiger partial charge in [-0.2, -0.15) is 5.26 Å². The molecule has 6 rings (SSSR count). The summed E-state index contributed by atoms with van der Waals surface area (Å²) in [7, 11) is 1.38. The Kier molecular flexibility index (Phi) is 12.0. The summed E-state index contributed by atoms with van der Waals surface area (Å²) < 4.78 is 67.4. The summed E-state index contributed by atoms with van der Waals surface area (Å²) in [6.45, 7) is 3.63. The zero-order chi connectivity index (χ0) is 38.4. The number of fused-ring (bicyclic) bond motifs is 2. The van der Waals surface area contributed by atoms with Crippen LogP contribution in [0, 0.1) is 34.6 Å². The first-order valence-corrected chi connectivity index (χ1v) is 15.1. The van der Waals surface area contributed by atoms with Crippen molar-refractivity contribution in [1.29, 1.82) is 5.26 Å². The molecule has 0 unspecified atom stereocenters. The molecule has 0 bridgehead atoms. The number of halogens is 6. The van der Waals surface area contributed by atoms with Crippen LogP contribution in [0.5, 0.6) is 11.5 Å². The minimum absolute atomic E-state index is 0.00188. The number of esters is 2. The molecule has 6 aromatic rings. The normalized spacial score (nSPS) is 10.4. The van der Waals surface area contributed by atoms with E-state index in [1.54, 1.807) is 6.07 Å². The number of aromatic amines is 1. The van der Waals surface area contributed by atoms with Crippen LogP contribution < -0.4 is 20.6 Å². The molecule has 0 radical (unpaired) electrons. The highest BCUT2D eigenvalue weighted by Crippen LogP contribution is 2.40. The van der Waals surface area contributed by atoms with Crippen LogP contribution in [0.4, 0.5) is 17.6 Å². The molecule has 0 saturated heterocycles. The summed E-state index contributed by atoms with van der Waals surface area (Å²) in [5, 5.41) is 6.10. The van der Waals surface area contributed by atoms with E-state index in [9.17, 15) is 36.7 Å². The van der Waals surface area contributed by atoms with Gasteiger partial charge in [0.2, 0.25) is 0 Å². The SMILES string of the molecule is CC#N.CC(=O)Oc1c(-c2c(F)ccc(F)c2Cl)c(=O)[nH]c2nccnc12.CC(=O)Oc1c(-c2c(F)ccc(F)c2Cl)c(=O)n(C)c2nccnc12. The number of pyridine rings is 2. The third kappa shape index (κ3) is 7.72. The molecule has 266 valence electrons. The number of carbonyl (C=O) groups is 2. The lowest BCUT2D eigenvalue weighted by Crippen LogP contribution is -2.23. The maximum atomic E-state index is 14.4. The smallest absolute Gasteiger partial charge is 0.308 e. The summed E-state index contributed by atoms with van der Waals surface area (Å²) >= 11 is 11.7. The number of hydrogen-bond donors (Lipinski definition) is 1. The van der Waals surface area contributed by atoms with Crippen molar-refractivity contribution >= 4 is 57.5 Å². The van der Waals surface area contributed by atoms with Gasteiger partial charge in [-0.15, -0.1) is 0 Å². The van der Waals surface area contributed by atoms with E-state index in [-0.39, 0.29) is 33.8 Å². The summed E-state index contributed by atoms with van der Waals surface area (Å²) in [4.78, 5) is 66.4. The molecule has 0 amide bonds. The molecule has 0 saturated carbocycles. The van der Waals surface area contributed by atoms with Crippen molar-refractivity contribution in [3.05, 3.63) is 103 Å².